The molecule has 0 spiro atoms. The molecule has 2 rings (SSSR count). The van der Waals surface area contributed by atoms with Crippen LogP contribution in [0.1, 0.15) is 31.2 Å². The molecule has 6 nitrogen and oxygen atoms in total. The average molecular weight is 254 g/mol. The van der Waals surface area contributed by atoms with Crippen LogP contribution >= 0.6 is 11.3 Å². The van der Waals surface area contributed by atoms with Gasteiger partial charge in [0.2, 0.25) is 16.9 Å². The van der Waals surface area contributed by atoms with E-state index in [1.807, 2.05) is 13.8 Å². The zero-order chi connectivity index (χ0) is 12.4. The van der Waals surface area contributed by atoms with Gasteiger partial charge >= 0.3 is 0 Å². The summed E-state index contributed by atoms with van der Waals surface area (Å²) in [6.45, 7) is 4.44. The largest absolute Gasteiger partial charge is 0.355 e. The molecule has 1 fully saturated rings. The third-order valence-corrected chi connectivity index (χ3v) is 3.65. The Morgan fingerprint density at radius 3 is 2.82 bits per heavy atom. The second-order valence-corrected chi connectivity index (χ2v) is 5.30. The third-order valence-electron chi connectivity index (χ3n) is 2.51. The number of carbonyl (C=O) groups excluding carboxylic acids is 2. The van der Waals surface area contributed by atoms with Crippen LogP contribution in [0.4, 0.5) is 5.13 Å². The molecule has 1 saturated heterocycles. The van der Waals surface area contributed by atoms with Crippen LogP contribution in [0.3, 0.4) is 0 Å². The van der Waals surface area contributed by atoms with Gasteiger partial charge in [0, 0.05) is 18.9 Å². The van der Waals surface area contributed by atoms with Gasteiger partial charge in [-0.2, -0.15) is 0 Å². The zero-order valence-corrected chi connectivity index (χ0v) is 10.5. The highest BCUT2D eigenvalue weighted by Gasteiger charge is 2.28. The van der Waals surface area contributed by atoms with Gasteiger partial charge in [-0.1, -0.05) is 25.2 Å². The fourth-order valence-corrected chi connectivity index (χ4v) is 2.27. The van der Waals surface area contributed by atoms with Gasteiger partial charge in [-0.05, 0) is 0 Å². The summed E-state index contributed by atoms with van der Waals surface area (Å²) in [6, 6.07) is 0. The first-order valence-electron chi connectivity index (χ1n) is 5.47. The molecule has 17 heavy (non-hydrogen) atoms. The second-order valence-electron chi connectivity index (χ2n) is 4.29. The number of nitrogens with zero attached hydrogens (tertiary/aromatic N) is 2. The predicted octanol–water partition coefficient (Wildman–Crippen LogP) is 0.736. The van der Waals surface area contributed by atoms with Gasteiger partial charge in [-0.15, -0.1) is 10.2 Å². The first kappa shape index (κ1) is 12.0. The first-order chi connectivity index (χ1) is 8.06. The summed E-state index contributed by atoms with van der Waals surface area (Å²) in [5, 5.41) is 14.6. The van der Waals surface area contributed by atoms with E-state index in [4.69, 9.17) is 0 Å². The molecule has 1 aromatic rings. The smallest absolute Gasteiger partial charge is 0.231 e. The molecule has 1 aliphatic rings. The molecule has 1 aliphatic heterocycles. The van der Waals surface area contributed by atoms with Gasteiger partial charge in [0.25, 0.3) is 0 Å². The SMILES string of the molecule is CC(C)c1nnc(NC(=O)C2CNC(=O)C2)s1. The van der Waals surface area contributed by atoms with E-state index in [1.54, 1.807) is 0 Å². The summed E-state index contributed by atoms with van der Waals surface area (Å²) in [7, 11) is 0. The lowest BCUT2D eigenvalue weighted by Gasteiger charge is -2.05. The van der Waals surface area contributed by atoms with Gasteiger partial charge in [0.05, 0.1) is 5.92 Å². The Morgan fingerprint density at radius 1 is 1.53 bits per heavy atom. The quantitative estimate of drug-likeness (QED) is 0.833. The summed E-state index contributed by atoms with van der Waals surface area (Å²) in [6.07, 6.45) is 0.252. The molecule has 0 radical (unpaired) electrons. The average Bonchev–Trinajstić information content (AvgIpc) is 2.86. The minimum absolute atomic E-state index is 0.0784. The van der Waals surface area contributed by atoms with Crippen LogP contribution < -0.4 is 10.6 Å². The number of amides is 2. The molecule has 1 atom stereocenters. The van der Waals surface area contributed by atoms with Crippen molar-refractivity contribution in [1.29, 1.82) is 0 Å². The highest BCUT2D eigenvalue weighted by molar-refractivity contribution is 7.15. The lowest BCUT2D eigenvalue weighted by Crippen LogP contribution is -2.24. The molecule has 7 heteroatoms. The van der Waals surface area contributed by atoms with E-state index in [-0.39, 0.29) is 24.2 Å². The maximum absolute atomic E-state index is 11.8. The van der Waals surface area contributed by atoms with Crippen molar-refractivity contribution < 1.29 is 9.59 Å². The lowest BCUT2D eigenvalue weighted by molar-refractivity contribution is -0.123. The Morgan fingerprint density at radius 2 is 2.29 bits per heavy atom. The standard InChI is InChI=1S/C10H14N4O2S/c1-5(2)9-13-14-10(17-9)12-8(16)6-3-7(15)11-4-6/h5-6H,3-4H2,1-2H3,(H,11,15)(H,12,14,16). The number of carbonyl (C=O) groups is 2. The highest BCUT2D eigenvalue weighted by atomic mass is 32.1. The van der Waals surface area contributed by atoms with Gasteiger partial charge in [0.15, 0.2) is 0 Å². The predicted molar refractivity (Wildman–Crippen MR) is 63.7 cm³/mol. The number of hydrogen-bond acceptors (Lipinski definition) is 5. The van der Waals surface area contributed by atoms with Crippen molar-refractivity contribution in [2.45, 2.75) is 26.2 Å². The molecule has 0 saturated carbocycles. The van der Waals surface area contributed by atoms with Crippen LogP contribution in [-0.4, -0.2) is 28.6 Å². The van der Waals surface area contributed by atoms with Crippen molar-refractivity contribution in [3.63, 3.8) is 0 Å². The summed E-state index contributed by atoms with van der Waals surface area (Å²) >= 11 is 1.37. The van der Waals surface area contributed by atoms with Crippen LogP contribution in [0.2, 0.25) is 0 Å². The summed E-state index contributed by atoms with van der Waals surface area (Å²) < 4.78 is 0. The fraction of sp³-hybridized carbons (Fsp3) is 0.600. The molecule has 0 aliphatic carbocycles. The molecular formula is C10H14N4O2S. The van der Waals surface area contributed by atoms with E-state index in [1.165, 1.54) is 11.3 Å². The monoisotopic (exact) mass is 254 g/mol. The Kier molecular flexibility index (Phi) is 3.37. The van der Waals surface area contributed by atoms with E-state index in [0.29, 0.717) is 17.6 Å². The molecule has 0 aromatic carbocycles. The van der Waals surface area contributed by atoms with Gasteiger partial charge < -0.3 is 10.6 Å². The van der Waals surface area contributed by atoms with Crippen molar-refractivity contribution in [3.8, 4) is 0 Å². The van der Waals surface area contributed by atoms with E-state index >= 15 is 0 Å². The van der Waals surface area contributed by atoms with E-state index in [2.05, 4.69) is 20.8 Å². The van der Waals surface area contributed by atoms with Crippen LogP contribution in [-0.2, 0) is 9.59 Å². The van der Waals surface area contributed by atoms with Gasteiger partial charge in [0.1, 0.15) is 5.01 Å². The van der Waals surface area contributed by atoms with Crippen LogP contribution in [0.25, 0.3) is 0 Å². The zero-order valence-electron chi connectivity index (χ0n) is 9.69. The van der Waals surface area contributed by atoms with Gasteiger partial charge in [-0.3, -0.25) is 9.59 Å². The first-order valence-corrected chi connectivity index (χ1v) is 6.29. The lowest BCUT2D eigenvalue weighted by atomic mass is 10.1. The second kappa shape index (κ2) is 4.79. The number of nitrogens with one attached hydrogen (secondary N) is 2. The minimum Gasteiger partial charge on any atom is -0.355 e. The Balaban J connectivity index is 1.96. The van der Waals surface area contributed by atoms with E-state index in [9.17, 15) is 9.59 Å². The van der Waals surface area contributed by atoms with Crippen LogP contribution in [0.15, 0.2) is 0 Å². The Hall–Kier alpha value is -1.50. The van der Waals surface area contributed by atoms with E-state index < -0.39 is 0 Å². The summed E-state index contributed by atoms with van der Waals surface area (Å²) in [5.74, 6) is -0.248. The Bertz CT molecular complexity index is 443. The van der Waals surface area contributed by atoms with Crippen LogP contribution in [0, 0.1) is 5.92 Å². The van der Waals surface area contributed by atoms with Crippen molar-refractivity contribution in [2.75, 3.05) is 11.9 Å². The summed E-state index contributed by atoms with van der Waals surface area (Å²) in [5.41, 5.74) is 0. The Labute approximate surface area is 103 Å². The number of rotatable bonds is 3. The summed E-state index contributed by atoms with van der Waals surface area (Å²) in [4.78, 5) is 22.8. The molecule has 0 bridgehead atoms. The molecular weight excluding hydrogens is 240 g/mol. The minimum atomic E-state index is -0.297. The van der Waals surface area contributed by atoms with Crippen molar-refractivity contribution in [1.82, 2.24) is 15.5 Å². The normalized spacial score (nSPS) is 19.5. The van der Waals surface area contributed by atoms with Crippen molar-refractivity contribution in [2.24, 2.45) is 5.92 Å². The molecule has 2 N–H and O–H groups in total. The highest BCUT2D eigenvalue weighted by Crippen LogP contribution is 2.23. The molecule has 2 heterocycles. The molecule has 2 amide bonds. The number of hydrogen-bond donors (Lipinski definition) is 2. The molecule has 1 aromatic heterocycles. The molecule has 92 valence electrons. The fourth-order valence-electron chi connectivity index (χ4n) is 1.52. The van der Waals surface area contributed by atoms with E-state index in [0.717, 1.165) is 5.01 Å². The molecule has 1 unspecified atom stereocenters. The van der Waals surface area contributed by atoms with Crippen LogP contribution in [0.5, 0.6) is 0 Å². The number of aromatic nitrogens is 2. The number of anilines is 1. The van der Waals surface area contributed by atoms with Crippen molar-refractivity contribution >= 4 is 28.3 Å². The topological polar surface area (TPSA) is 84.0 Å². The van der Waals surface area contributed by atoms with Crippen molar-refractivity contribution in [3.05, 3.63) is 5.01 Å². The maximum atomic E-state index is 11.8. The third kappa shape index (κ3) is 2.79. The van der Waals surface area contributed by atoms with Gasteiger partial charge in [-0.25, -0.2) is 0 Å². The maximum Gasteiger partial charge on any atom is 0.231 e.